The van der Waals surface area contributed by atoms with Gasteiger partial charge < -0.3 is 20.1 Å². The molecular weight excluding hydrogens is 208 g/mol. The van der Waals surface area contributed by atoms with Gasteiger partial charge in [0.05, 0.1) is 0 Å². The lowest BCUT2D eigenvalue weighted by Crippen LogP contribution is -2.40. The van der Waals surface area contributed by atoms with E-state index in [9.17, 15) is 4.79 Å². The van der Waals surface area contributed by atoms with E-state index in [4.69, 9.17) is 9.84 Å². The summed E-state index contributed by atoms with van der Waals surface area (Å²) in [6.07, 6.45) is -0.297. The van der Waals surface area contributed by atoms with Crippen LogP contribution in [0.4, 0.5) is 4.79 Å². The van der Waals surface area contributed by atoms with Crippen molar-refractivity contribution in [3.8, 4) is 0 Å². The van der Waals surface area contributed by atoms with Crippen molar-refractivity contribution in [3.63, 3.8) is 0 Å². The molecule has 0 aromatic carbocycles. The smallest absolute Gasteiger partial charge is 0.410 e. The Bertz CT molecular complexity index is 238. The van der Waals surface area contributed by atoms with Crippen LogP contribution < -0.4 is 5.32 Å². The van der Waals surface area contributed by atoms with Crippen LogP contribution >= 0.6 is 0 Å². The van der Waals surface area contributed by atoms with Gasteiger partial charge in [0.2, 0.25) is 0 Å². The summed E-state index contributed by atoms with van der Waals surface area (Å²) < 4.78 is 5.30. The predicted molar refractivity (Wildman–Crippen MR) is 61.3 cm³/mol. The second-order valence-corrected chi connectivity index (χ2v) is 5.18. The molecule has 1 rings (SSSR count). The number of nitrogens with one attached hydrogen (secondary N) is 1. The summed E-state index contributed by atoms with van der Waals surface area (Å²) in [6.45, 7) is 8.32. The average molecular weight is 230 g/mol. The molecule has 2 N–H and O–H groups in total. The van der Waals surface area contributed by atoms with E-state index in [0.717, 1.165) is 13.1 Å². The summed E-state index contributed by atoms with van der Waals surface area (Å²) in [7, 11) is 0. The van der Waals surface area contributed by atoms with Gasteiger partial charge in [-0.2, -0.15) is 0 Å². The van der Waals surface area contributed by atoms with E-state index < -0.39 is 5.60 Å². The van der Waals surface area contributed by atoms with Crippen molar-refractivity contribution < 1.29 is 14.6 Å². The molecule has 1 saturated heterocycles. The largest absolute Gasteiger partial charge is 0.444 e. The fourth-order valence-electron chi connectivity index (χ4n) is 1.60. The molecule has 1 aliphatic heterocycles. The molecule has 0 aromatic rings. The second-order valence-electron chi connectivity index (χ2n) is 5.18. The van der Waals surface area contributed by atoms with Crippen LogP contribution in [-0.2, 0) is 4.74 Å². The van der Waals surface area contributed by atoms with Gasteiger partial charge in [0, 0.05) is 38.7 Å². The standard InChI is InChI=1S/C11H22N2O3/c1-11(2,3)16-10(15)13-5-4-12-6-9(7-13)8-14/h9,12,14H,4-8H2,1-3H3. The molecule has 5 heteroatoms. The number of hydrogen-bond acceptors (Lipinski definition) is 4. The molecular formula is C11H22N2O3. The van der Waals surface area contributed by atoms with Crippen LogP contribution in [0.1, 0.15) is 20.8 Å². The predicted octanol–water partition coefficient (Wildman–Crippen LogP) is 0.435. The monoisotopic (exact) mass is 230 g/mol. The van der Waals surface area contributed by atoms with Crippen LogP contribution in [0.3, 0.4) is 0 Å². The summed E-state index contributed by atoms with van der Waals surface area (Å²) in [5.41, 5.74) is -0.467. The first kappa shape index (κ1) is 13.3. The van der Waals surface area contributed by atoms with Gasteiger partial charge in [-0.3, -0.25) is 0 Å². The Morgan fingerprint density at radius 2 is 2.25 bits per heavy atom. The second kappa shape index (κ2) is 5.50. The van der Waals surface area contributed by atoms with Crippen LogP contribution in [0.2, 0.25) is 0 Å². The van der Waals surface area contributed by atoms with Crippen molar-refractivity contribution in [1.29, 1.82) is 0 Å². The van der Waals surface area contributed by atoms with Gasteiger partial charge in [-0.1, -0.05) is 0 Å². The van der Waals surface area contributed by atoms with Crippen LogP contribution in [0.5, 0.6) is 0 Å². The number of aliphatic hydroxyl groups excluding tert-OH is 1. The minimum absolute atomic E-state index is 0.0896. The van der Waals surface area contributed by atoms with Crippen LogP contribution in [-0.4, -0.2) is 54.5 Å². The summed E-state index contributed by atoms with van der Waals surface area (Å²) >= 11 is 0. The molecule has 0 aliphatic carbocycles. The van der Waals surface area contributed by atoms with Gasteiger partial charge >= 0.3 is 6.09 Å². The maximum absolute atomic E-state index is 11.8. The maximum atomic E-state index is 11.8. The first-order valence-electron chi connectivity index (χ1n) is 5.72. The summed E-state index contributed by atoms with van der Waals surface area (Å²) in [4.78, 5) is 13.5. The van der Waals surface area contributed by atoms with E-state index in [1.807, 2.05) is 20.8 Å². The third kappa shape index (κ3) is 4.37. The number of rotatable bonds is 1. The Kier molecular flexibility index (Phi) is 4.56. The highest BCUT2D eigenvalue weighted by molar-refractivity contribution is 5.68. The van der Waals surface area contributed by atoms with Crippen LogP contribution in [0, 0.1) is 5.92 Å². The number of carbonyl (C=O) groups excluding carboxylic acids is 1. The summed E-state index contributed by atoms with van der Waals surface area (Å²) in [5.74, 6) is 0.0926. The molecule has 16 heavy (non-hydrogen) atoms. The van der Waals surface area contributed by atoms with Gasteiger partial charge in [0.15, 0.2) is 0 Å². The average Bonchev–Trinajstić information content (AvgIpc) is 2.39. The van der Waals surface area contributed by atoms with E-state index in [2.05, 4.69) is 5.32 Å². The summed E-state index contributed by atoms with van der Waals surface area (Å²) in [6, 6.07) is 0. The fourth-order valence-corrected chi connectivity index (χ4v) is 1.60. The zero-order chi connectivity index (χ0) is 12.2. The van der Waals surface area contributed by atoms with E-state index in [1.165, 1.54) is 0 Å². The zero-order valence-electron chi connectivity index (χ0n) is 10.3. The van der Waals surface area contributed by atoms with Crippen molar-refractivity contribution in [2.75, 3.05) is 32.8 Å². The molecule has 1 fully saturated rings. The molecule has 1 aliphatic rings. The Morgan fingerprint density at radius 1 is 1.56 bits per heavy atom. The number of amides is 1. The fraction of sp³-hybridized carbons (Fsp3) is 0.909. The van der Waals surface area contributed by atoms with Crippen molar-refractivity contribution in [2.24, 2.45) is 5.92 Å². The molecule has 1 amide bonds. The Balaban J connectivity index is 2.53. The minimum atomic E-state index is -0.467. The van der Waals surface area contributed by atoms with Crippen molar-refractivity contribution in [2.45, 2.75) is 26.4 Å². The van der Waals surface area contributed by atoms with Crippen LogP contribution in [0.25, 0.3) is 0 Å². The normalized spacial score (nSPS) is 22.8. The molecule has 1 atom stereocenters. The lowest BCUT2D eigenvalue weighted by Gasteiger charge is -2.27. The SMILES string of the molecule is CC(C)(C)OC(=O)N1CCNCC(CO)C1. The topological polar surface area (TPSA) is 61.8 Å². The number of ether oxygens (including phenoxy) is 1. The molecule has 5 nitrogen and oxygen atoms in total. The lowest BCUT2D eigenvalue weighted by molar-refractivity contribution is 0.0227. The highest BCUT2D eigenvalue weighted by atomic mass is 16.6. The quantitative estimate of drug-likeness (QED) is 0.686. The highest BCUT2D eigenvalue weighted by Gasteiger charge is 2.25. The number of aliphatic hydroxyl groups is 1. The van der Waals surface area contributed by atoms with Crippen molar-refractivity contribution in [3.05, 3.63) is 0 Å². The maximum Gasteiger partial charge on any atom is 0.410 e. The molecule has 0 aromatic heterocycles. The zero-order valence-corrected chi connectivity index (χ0v) is 10.3. The van der Waals surface area contributed by atoms with Crippen LogP contribution in [0.15, 0.2) is 0 Å². The first-order chi connectivity index (χ1) is 7.42. The molecule has 0 spiro atoms. The molecule has 1 heterocycles. The Morgan fingerprint density at radius 3 is 2.81 bits per heavy atom. The molecule has 0 bridgehead atoms. The van der Waals surface area contributed by atoms with Gasteiger partial charge in [0.25, 0.3) is 0 Å². The third-order valence-corrected chi connectivity index (χ3v) is 2.38. The van der Waals surface area contributed by atoms with Crippen molar-refractivity contribution in [1.82, 2.24) is 10.2 Å². The molecule has 94 valence electrons. The number of nitrogens with zero attached hydrogens (tertiary/aromatic N) is 1. The third-order valence-electron chi connectivity index (χ3n) is 2.38. The van der Waals surface area contributed by atoms with Gasteiger partial charge in [-0.15, -0.1) is 0 Å². The molecule has 1 unspecified atom stereocenters. The van der Waals surface area contributed by atoms with Gasteiger partial charge in [-0.25, -0.2) is 4.79 Å². The van der Waals surface area contributed by atoms with E-state index in [1.54, 1.807) is 4.90 Å². The molecule has 0 radical (unpaired) electrons. The highest BCUT2D eigenvalue weighted by Crippen LogP contribution is 2.12. The lowest BCUT2D eigenvalue weighted by atomic mass is 10.1. The number of hydrogen-bond donors (Lipinski definition) is 2. The Labute approximate surface area is 96.8 Å². The number of carbonyl (C=O) groups is 1. The van der Waals surface area contributed by atoms with E-state index >= 15 is 0 Å². The van der Waals surface area contributed by atoms with Crippen molar-refractivity contribution >= 4 is 6.09 Å². The Hall–Kier alpha value is -0.810. The van der Waals surface area contributed by atoms with Gasteiger partial charge in [-0.05, 0) is 20.8 Å². The van der Waals surface area contributed by atoms with E-state index in [-0.39, 0.29) is 18.6 Å². The minimum Gasteiger partial charge on any atom is -0.444 e. The van der Waals surface area contributed by atoms with Gasteiger partial charge in [0.1, 0.15) is 5.60 Å². The molecule has 0 saturated carbocycles. The van der Waals surface area contributed by atoms with E-state index in [0.29, 0.717) is 13.1 Å². The summed E-state index contributed by atoms with van der Waals surface area (Å²) in [5, 5.41) is 12.3. The first-order valence-corrected chi connectivity index (χ1v) is 5.72.